The third-order valence-corrected chi connectivity index (χ3v) is 6.99. The number of aromatic nitrogens is 4. The summed E-state index contributed by atoms with van der Waals surface area (Å²) in [6.45, 7) is 4.22. The molecule has 142 valence electrons. The Balaban J connectivity index is 1.37. The Labute approximate surface area is 169 Å². The van der Waals surface area contributed by atoms with E-state index in [2.05, 4.69) is 51.3 Å². The zero-order valence-corrected chi connectivity index (χ0v) is 17.0. The molecule has 0 saturated heterocycles. The van der Waals surface area contributed by atoms with Crippen LogP contribution < -0.4 is 4.87 Å². The van der Waals surface area contributed by atoms with Crippen molar-refractivity contribution in [1.29, 1.82) is 0 Å². The first-order chi connectivity index (χ1) is 13.7. The maximum absolute atomic E-state index is 11.4. The highest BCUT2D eigenvalue weighted by atomic mass is 32.1. The van der Waals surface area contributed by atoms with Crippen LogP contribution in [0.25, 0.3) is 20.9 Å². The molecule has 0 spiro atoms. The minimum absolute atomic E-state index is 0.149. The highest BCUT2D eigenvalue weighted by Gasteiger charge is 2.21. The van der Waals surface area contributed by atoms with Crippen LogP contribution in [0.15, 0.2) is 40.6 Å². The van der Waals surface area contributed by atoms with Gasteiger partial charge in [-0.1, -0.05) is 23.5 Å². The first-order valence-corrected chi connectivity index (χ1v) is 11.0. The van der Waals surface area contributed by atoms with E-state index in [0.29, 0.717) is 11.0 Å². The average Bonchev–Trinajstić information content (AvgIpc) is 3.30. The number of fused-ring (bicyclic) bond motifs is 2. The Hall–Kier alpha value is -2.42. The van der Waals surface area contributed by atoms with Crippen LogP contribution in [0.4, 0.5) is 0 Å². The molecule has 1 unspecified atom stereocenters. The second-order valence-corrected chi connectivity index (χ2v) is 8.86. The van der Waals surface area contributed by atoms with Gasteiger partial charge in [0.2, 0.25) is 0 Å². The lowest BCUT2D eigenvalue weighted by atomic mass is 10.1. The molecular formula is C20H19N5OS2. The highest BCUT2D eigenvalue weighted by molar-refractivity contribution is 7.16. The van der Waals surface area contributed by atoms with Crippen molar-refractivity contribution in [2.24, 2.45) is 0 Å². The SMILES string of the molecule is CC(c1ccc2scnc2c1)N1CCc2ccc(-c3n[nH]c(=O)s3)nc2CC1. The molecule has 0 amide bonds. The van der Waals surface area contributed by atoms with Gasteiger partial charge >= 0.3 is 4.87 Å². The van der Waals surface area contributed by atoms with Gasteiger partial charge < -0.3 is 0 Å². The molecule has 5 rings (SSSR count). The summed E-state index contributed by atoms with van der Waals surface area (Å²) in [5.74, 6) is 0. The Morgan fingerprint density at radius 3 is 2.93 bits per heavy atom. The van der Waals surface area contributed by atoms with Crippen molar-refractivity contribution >= 4 is 32.9 Å². The molecule has 1 aromatic carbocycles. The van der Waals surface area contributed by atoms with Crippen molar-refractivity contribution < 1.29 is 0 Å². The predicted molar refractivity (Wildman–Crippen MR) is 113 cm³/mol. The van der Waals surface area contributed by atoms with Crippen molar-refractivity contribution in [1.82, 2.24) is 25.1 Å². The van der Waals surface area contributed by atoms with Crippen LogP contribution in [0.3, 0.4) is 0 Å². The molecule has 4 aromatic rings. The van der Waals surface area contributed by atoms with Crippen LogP contribution in [0, 0.1) is 0 Å². The summed E-state index contributed by atoms with van der Waals surface area (Å²) in [5, 5.41) is 7.19. The van der Waals surface area contributed by atoms with E-state index in [1.54, 1.807) is 11.3 Å². The van der Waals surface area contributed by atoms with Crippen molar-refractivity contribution in [3.05, 3.63) is 62.3 Å². The minimum atomic E-state index is -0.149. The largest absolute Gasteiger partial charge is 0.322 e. The number of hydrogen-bond acceptors (Lipinski definition) is 7. The molecule has 1 aliphatic rings. The fraction of sp³-hybridized carbons (Fsp3) is 0.300. The lowest BCUT2D eigenvalue weighted by Gasteiger charge is -2.27. The Morgan fingerprint density at radius 1 is 1.18 bits per heavy atom. The Bertz CT molecular complexity index is 1190. The van der Waals surface area contributed by atoms with Crippen molar-refractivity contribution in [2.45, 2.75) is 25.8 Å². The third kappa shape index (κ3) is 3.28. The molecule has 28 heavy (non-hydrogen) atoms. The molecular weight excluding hydrogens is 390 g/mol. The number of aromatic amines is 1. The second-order valence-electron chi connectivity index (χ2n) is 7.01. The summed E-state index contributed by atoms with van der Waals surface area (Å²) in [5.41, 5.74) is 7.47. The number of rotatable bonds is 3. The van der Waals surface area contributed by atoms with Gasteiger partial charge in [-0.05, 0) is 42.7 Å². The van der Waals surface area contributed by atoms with Crippen LogP contribution >= 0.6 is 22.7 Å². The molecule has 4 heterocycles. The summed E-state index contributed by atoms with van der Waals surface area (Å²) in [4.78, 5) is 23.0. The molecule has 1 N–H and O–H groups in total. The fourth-order valence-electron chi connectivity index (χ4n) is 3.79. The summed E-state index contributed by atoms with van der Waals surface area (Å²) in [7, 11) is 0. The monoisotopic (exact) mass is 409 g/mol. The fourth-order valence-corrected chi connectivity index (χ4v) is 5.03. The van der Waals surface area contributed by atoms with Gasteiger partial charge in [-0.3, -0.25) is 9.69 Å². The summed E-state index contributed by atoms with van der Waals surface area (Å²) in [6, 6.07) is 11.0. The normalized spacial score (nSPS) is 16.0. The smallest absolute Gasteiger partial charge is 0.296 e. The molecule has 0 fully saturated rings. The predicted octanol–water partition coefficient (Wildman–Crippen LogP) is 3.66. The Morgan fingerprint density at radius 2 is 2.07 bits per heavy atom. The molecule has 3 aromatic heterocycles. The Kier molecular flexibility index (Phi) is 4.54. The second kappa shape index (κ2) is 7.20. The first kappa shape index (κ1) is 17.7. The van der Waals surface area contributed by atoms with Gasteiger partial charge in [-0.2, -0.15) is 5.10 Å². The van der Waals surface area contributed by atoms with E-state index >= 15 is 0 Å². The number of nitrogens with zero attached hydrogens (tertiary/aromatic N) is 4. The quantitative estimate of drug-likeness (QED) is 0.559. The number of H-pyrrole nitrogens is 1. The standard InChI is InChI=1S/C20H19N5OS2/c1-12(14-3-5-18-17(10-14)21-11-27-18)25-8-6-13-2-4-16(22-15(13)7-9-25)19-23-24-20(26)28-19/h2-5,10-12H,6-9H2,1H3,(H,24,26). The molecule has 1 atom stereocenters. The van der Waals surface area contributed by atoms with Crippen molar-refractivity contribution in [3.8, 4) is 10.7 Å². The van der Waals surface area contributed by atoms with Crippen LogP contribution in [0.1, 0.15) is 29.8 Å². The summed E-state index contributed by atoms with van der Waals surface area (Å²) < 4.78 is 1.23. The molecule has 0 saturated carbocycles. The molecule has 0 bridgehead atoms. The van der Waals surface area contributed by atoms with Crippen LogP contribution in [-0.2, 0) is 12.8 Å². The third-order valence-electron chi connectivity index (χ3n) is 5.41. The molecule has 0 aliphatic carbocycles. The van der Waals surface area contributed by atoms with Crippen molar-refractivity contribution in [2.75, 3.05) is 13.1 Å². The van der Waals surface area contributed by atoms with E-state index in [1.165, 1.54) is 15.8 Å². The van der Waals surface area contributed by atoms with E-state index in [-0.39, 0.29) is 4.87 Å². The van der Waals surface area contributed by atoms with Gasteiger partial charge in [0.15, 0.2) is 5.01 Å². The summed E-state index contributed by atoms with van der Waals surface area (Å²) in [6.07, 6.45) is 1.87. The van der Waals surface area contributed by atoms with Gasteiger partial charge in [0.25, 0.3) is 0 Å². The van der Waals surface area contributed by atoms with Gasteiger partial charge in [-0.25, -0.2) is 15.1 Å². The van der Waals surface area contributed by atoms with Crippen LogP contribution in [0.2, 0.25) is 0 Å². The lowest BCUT2D eigenvalue weighted by Crippen LogP contribution is -2.29. The molecule has 1 aliphatic heterocycles. The van der Waals surface area contributed by atoms with Gasteiger partial charge in [-0.15, -0.1) is 11.3 Å². The molecule has 6 nitrogen and oxygen atoms in total. The number of pyridine rings is 1. The van der Waals surface area contributed by atoms with E-state index in [4.69, 9.17) is 4.98 Å². The molecule has 8 heteroatoms. The van der Waals surface area contributed by atoms with Gasteiger partial charge in [0, 0.05) is 31.2 Å². The first-order valence-electron chi connectivity index (χ1n) is 9.29. The maximum Gasteiger partial charge on any atom is 0.322 e. The van der Waals surface area contributed by atoms with E-state index < -0.39 is 0 Å². The van der Waals surface area contributed by atoms with Crippen LogP contribution in [0.5, 0.6) is 0 Å². The number of thiazole rings is 1. The highest BCUT2D eigenvalue weighted by Crippen LogP contribution is 2.28. The van der Waals surface area contributed by atoms with Gasteiger partial charge in [0.1, 0.15) is 5.69 Å². The molecule has 0 radical (unpaired) electrons. The minimum Gasteiger partial charge on any atom is -0.296 e. The summed E-state index contributed by atoms with van der Waals surface area (Å²) >= 11 is 2.78. The van der Waals surface area contributed by atoms with E-state index in [1.807, 2.05) is 11.6 Å². The average molecular weight is 410 g/mol. The van der Waals surface area contributed by atoms with Crippen molar-refractivity contribution in [3.63, 3.8) is 0 Å². The zero-order valence-electron chi connectivity index (χ0n) is 15.4. The lowest BCUT2D eigenvalue weighted by molar-refractivity contribution is 0.221. The zero-order chi connectivity index (χ0) is 19.1. The number of hydrogen-bond donors (Lipinski definition) is 1. The van der Waals surface area contributed by atoms with E-state index in [9.17, 15) is 4.79 Å². The number of nitrogens with one attached hydrogen (secondary N) is 1. The maximum atomic E-state index is 11.4. The topological polar surface area (TPSA) is 74.8 Å². The number of benzene rings is 1. The van der Waals surface area contributed by atoms with E-state index in [0.717, 1.165) is 54.2 Å². The van der Waals surface area contributed by atoms with Gasteiger partial charge in [0.05, 0.1) is 15.7 Å². The van der Waals surface area contributed by atoms with Crippen LogP contribution in [-0.4, -0.2) is 38.2 Å².